The lowest BCUT2D eigenvalue weighted by Gasteiger charge is -2.54. The second kappa shape index (κ2) is 10.8. The number of methoxy groups -OCH3 is 1. The number of rotatable bonds is 7. The Labute approximate surface area is 241 Å². The van der Waals surface area contributed by atoms with Crippen molar-refractivity contribution in [2.75, 3.05) is 26.7 Å². The molecule has 11 heteroatoms. The fourth-order valence-corrected chi connectivity index (χ4v) is 7.60. The standard InChI is InChI=1S/C29H30N2O7S2/c1-30-26(34)29(40-4)16-20-17-37-13-12-23(38-25(33)19-10-11-22(36-2)21(32)14-19)24(20)31(29)27(35)28(30,39-3)15-18-8-6-5-7-9-18/h5-14,17,23-24,32H,15-16H2,1-4H3. The number of piperazine rings is 1. The molecule has 9 nitrogen and oxygen atoms in total. The van der Waals surface area contributed by atoms with Crippen LogP contribution in [0.1, 0.15) is 22.3 Å². The van der Waals surface area contributed by atoms with Crippen molar-refractivity contribution >= 4 is 41.3 Å². The third-order valence-corrected chi connectivity index (χ3v) is 10.2. The van der Waals surface area contributed by atoms with E-state index in [2.05, 4.69) is 0 Å². The summed E-state index contributed by atoms with van der Waals surface area (Å²) in [6, 6.07) is 13.0. The highest BCUT2D eigenvalue weighted by atomic mass is 32.2. The van der Waals surface area contributed by atoms with Crippen LogP contribution >= 0.6 is 23.5 Å². The van der Waals surface area contributed by atoms with Gasteiger partial charge in [0, 0.05) is 19.9 Å². The number of esters is 1. The van der Waals surface area contributed by atoms with E-state index in [1.54, 1.807) is 29.2 Å². The van der Waals surface area contributed by atoms with Crippen LogP contribution in [0.15, 0.2) is 72.7 Å². The number of likely N-dealkylation sites (N-methyl/N-ethyl adjacent to an activating group) is 1. The van der Waals surface area contributed by atoms with Crippen molar-refractivity contribution in [1.29, 1.82) is 0 Å². The molecule has 2 aromatic carbocycles. The molecule has 40 heavy (non-hydrogen) atoms. The number of hydrogen-bond acceptors (Lipinski definition) is 9. The molecule has 3 aliphatic heterocycles. The van der Waals surface area contributed by atoms with E-state index in [0.29, 0.717) is 12.0 Å². The van der Waals surface area contributed by atoms with E-state index < -0.39 is 27.9 Å². The highest BCUT2D eigenvalue weighted by Crippen LogP contribution is 2.54. The Kier molecular flexibility index (Phi) is 7.54. The Bertz CT molecular complexity index is 1400. The number of nitrogens with zero attached hydrogens (tertiary/aromatic N) is 2. The number of fused-ring (bicyclic) bond motifs is 3. The predicted molar refractivity (Wildman–Crippen MR) is 153 cm³/mol. The summed E-state index contributed by atoms with van der Waals surface area (Å²) in [6.07, 6.45) is 7.72. The number of carbonyl (C=O) groups is 3. The molecule has 0 aliphatic carbocycles. The molecule has 2 saturated heterocycles. The summed E-state index contributed by atoms with van der Waals surface area (Å²) in [7, 11) is 3.09. The number of carbonyl (C=O) groups excluding carboxylic acids is 3. The molecule has 3 aliphatic rings. The minimum absolute atomic E-state index is 0.111. The first-order chi connectivity index (χ1) is 19.2. The summed E-state index contributed by atoms with van der Waals surface area (Å²) in [5.74, 6) is -1.13. The maximum Gasteiger partial charge on any atom is 0.338 e. The van der Waals surface area contributed by atoms with E-state index in [1.807, 2.05) is 36.6 Å². The second-order valence-corrected chi connectivity index (χ2v) is 11.9. The summed E-state index contributed by atoms with van der Waals surface area (Å²) in [5.41, 5.74) is 1.70. The van der Waals surface area contributed by atoms with Crippen molar-refractivity contribution in [1.82, 2.24) is 9.80 Å². The number of phenols is 1. The van der Waals surface area contributed by atoms with Gasteiger partial charge in [-0.2, -0.15) is 0 Å². The first-order valence-corrected chi connectivity index (χ1v) is 15.0. The highest BCUT2D eigenvalue weighted by Gasteiger charge is 2.68. The smallest absolute Gasteiger partial charge is 0.338 e. The Balaban J connectivity index is 1.55. The fourth-order valence-electron chi connectivity index (χ4n) is 5.64. The lowest BCUT2D eigenvalue weighted by atomic mass is 9.97. The summed E-state index contributed by atoms with van der Waals surface area (Å²) in [6.45, 7) is 0. The van der Waals surface area contributed by atoms with E-state index in [-0.39, 0.29) is 35.3 Å². The average molecular weight is 583 g/mol. The molecule has 5 rings (SSSR count). The van der Waals surface area contributed by atoms with E-state index >= 15 is 0 Å². The topological polar surface area (TPSA) is 106 Å². The number of phenolic OH excluding ortho intramolecular Hbond substituents is 1. The van der Waals surface area contributed by atoms with Gasteiger partial charge in [-0.3, -0.25) is 9.59 Å². The quantitative estimate of drug-likeness (QED) is 0.488. The van der Waals surface area contributed by atoms with Crippen LogP contribution in [0.4, 0.5) is 0 Å². The molecule has 0 saturated carbocycles. The maximum absolute atomic E-state index is 14.7. The molecule has 2 aromatic rings. The molecule has 2 fully saturated rings. The molecule has 0 aromatic heterocycles. The van der Waals surface area contributed by atoms with Gasteiger partial charge in [-0.15, -0.1) is 23.5 Å². The van der Waals surface area contributed by atoms with Gasteiger partial charge in [-0.25, -0.2) is 4.79 Å². The molecule has 4 atom stereocenters. The van der Waals surface area contributed by atoms with Crippen molar-refractivity contribution in [2.24, 2.45) is 0 Å². The fraction of sp³-hybridized carbons (Fsp3) is 0.345. The van der Waals surface area contributed by atoms with Gasteiger partial charge in [0.15, 0.2) is 21.2 Å². The van der Waals surface area contributed by atoms with E-state index in [1.165, 1.54) is 61.4 Å². The second-order valence-electron chi connectivity index (χ2n) is 9.71. The van der Waals surface area contributed by atoms with Crippen molar-refractivity contribution in [3.8, 4) is 11.5 Å². The van der Waals surface area contributed by atoms with E-state index in [9.17, 15) is 19.5 Å². The maximum atomic E-state index is 14.7. The van der Waals surface area contributed by atoms with Gasteiger partial charge in [0.25, 0.3) is 11.8 Å². The van der Waals surface area contributed by atoms with Crippen LogP contribution in [0.2, 0.25) is 0 Å². The van der Waals surface area contributed by atoms with Gasteiger partial charge in [-0.1, -0.05) is 30.3 Å². The van der Waals surface area contributed by atoms with Crippen molar-refractivity contribution in [2.45, 2.75) is 34.7 Å². The number of benzene rings is 2. The normalized spacial score (nSPS) is 27.4. The van der Waals surface area contributed by atoms with Crippen LogP contribution in [-0.2, 0) is 25.5 Å². The zero-order valence-electron chi connectivity index (χ0n) is 22.5. The molecule has 0 radical (unpaired) electrons. The van der Waals surface area contributed by atoms with E-state index in [4.69, 9.17) is 14.2 Å². The van der Waals surface area contributed by atoms with Gasteiger partial charge >= 0.3 is 5.97 Å². The molecular formula is C29H30N2O7S2. The lowest BCUT2D eigenvalue weighted by molar-refractivity contribution is -0.165. The molecular weight excluding hydrogens is 552 g/mol. The molecule has 4 unspecified atom stereocenters. The first kappa shape index (κ1) is 28.0. The molecule has 1 N–H and O–H groups in total. The largest absolute Gasteiger partial charge is 0.504 e. The summed E-state index contributed by atoms with van der Waals surface area (Å²) < 4.78 is 16.6. The number of amides is 2. The van der Waals surface area contributed by atoms with Crippen LogP contribution in [0, 0.1) is 0 Å². The number of thioether (sulfide) groups is 2. The van der Waals surface area contributed by atoms with Crippen LogP contribution < -0.4 is 4.74 Å². The van der Waals surface area contributed by atoms with Crippen molar-refractivity contribution in [3.05, 3.63) is 83.8 Å². The zero-order valence-corrected chi connectivity index (χ0v) is 24.2. The summed E-state index contributed by atoms with van der Waals surface area (Å²) in [5, 5.41) is 10.2. The molecule has 0 spiro atoms. The third kappa shape index (κ3) is 4.32. The summed E-state index contributed by atoms with van der Waals surface area (Å²) in [4.78, 5) is 42.9. The van der Waals surface area contributed by atoms with Crippen LogP contribution in [0.25, 0.3) is 0 Å². The Hall–Kier alpha value is -3.57. The Morgan fingerprint density at radius 1 is 1.12 bits per heavy atom. The van der Waals surface area contributed by atoms with Gasteiger partial charge in [-0.05, 0) is 47.9 Å². The molecule has 0 bridgehead atoms. The highest BCUT2D eigenvalue weighted by molar-refractivity contribution is 8.01. The molecule has 2 amide bonds. The molecule has 3 heterocycles. The van der Waals surface area contributed by atoms with Gasteiger partial charge in [0.1, 0.15) is 6.10 Å². The SMILES string of the molecule is COc1ccc(C(=O)OC2C=COC=C3CC4(SC)C(=O)N(C)C(Cc5ccccc5)(SC)C(=O)N4C32)cc1O. The van der Waals surface area contributed by atoms with Crippen LogP contribution in [0.3, 0.4) is 0 Å². The predicted octanol–water partition coefficient (Wildman–Crippen LogP) is 3.79. The van der Waals surface area contributed by atoms with Gasteiger partial charge in [0.2, 0.25) is 0 Å². The average Bonchev–Trinajstić information content (AvgIpc) is 3.20. The monoisotopic (exact) mass is 582 g/mol. The third-order valence-electron chi connectivity index (χ3n) is 7.72. The molecule has 210 valence electrons. The number of ether oxygens (including phenoxy) is 3. The minimum Gasteiger partial charge on any atom is -0.504 e. The number of hydrogen-bond donors (Lipinski definition) is 1. The number of aromatic hydroxyl groups is 1. The Morgan fingerprint density at radius 2 is 1.88 bits per heavy atom. The zero-order chi connectivity index (χ0) is 28.7. The van der Waals surface area contributed by atoms with Gasteiger partial charge < -0.3 is 29.1 Å². The van der Waals surface area contributed by atoms with Crippen molar-refractivity contribution < 1.29 is 33.7 Å². The van der Waals surface area contributed by atoms with Crippen LogP contribution in [0.5, 0.6) is 11.5 Å². The van der Waals surface area contributed by atoms with E-state index in [0.717, 1.165) is 5.56 Å². The van der Waals surface area contributed by atoms with Crippen LogP contribution in [-0.4, -0.2) is 81.2 Å². The Morgan fingerprint density at radius 3 is 2.52 bits per heavy atom. The van der Waals surface area contributed by atoms with Gasteiger partial charge in [0.05, 0.1) is 31.2 Å². The lowest BCUT2D eigenvalue weighted by Crippen LogP contribution is -2.74. The summed E-state index contributed by atoms with van der Waals surface area (Å²) >= 11 is 2.61. The van der Waals surface area contributed by atoms with Crippen molar-refractivity contribution in [3.63, 3.8) is 0 Å². The minimum atomic E-state index is -1.23. The first-order valence-electron chi connectivity index (χ1n) is 12.6.